The summed E-state index contributed by atoms with van der Waals surface area (Å²) < 4.78 is 5.48. The first-order chi connectivity index (χ1) is 20.0. The summed E-state index contributed by atoms with van der Waals surface area (Å²) in [6, 6.07) is 8.78. The Morgan fingerprint density at radius 2 is 1.83 bits per heavy atom. The Labute approximate surface area is 246 Å². The maximum Gasteiger partial charge on any atom is 0.295 e. The second-order valence-electron chi connectivity index (χ2n) is 10.1. The molecule has 1 N–H and O–H groups in total. The van der Waals surface area contributed by atoms with Crippen LogP contribution < -0.4 is 9.75 Å². The van der Waals surface area contributed by atoms with E-state index in [-0.39, 0.29) is 30.6 Å². The number of amides is 2. The van der Waals surface area contributed by atoms with E-state index in [4.69, 9.17) is 4.74 Å². The number of pyridine rings is 1. The number of nitrogens with one attached hydrogen (secondary N) is 1. The minimum atomic E-state index is -0.670. The molecule has 1 fully saturated rings. The highest BCUT2D eigenvalue weighted by Gasteiger charge is 2.34. The fourth-order valence-electron chi connectivity index (χ4n) is 4.41. The van der Waals surface area contributed by atoms with Crippen LogP contribution in [0.2, 0.25) is 0 Å². The summed E-state index contributed by atoms with van der Waals surface area (Å²) in [4.78, 5) is 50.5. The molecule has 3 aromatic rings. The highest BCUT2D eigenvalue weighted by molar-refractivity contribution is 6.45. The number of allylic oxidation sites excluding steroid dienone is 3. The van der Waals surface area contributed by atoms with Gasteiger partial charge in [0.1, 0.15) is 5.75 Å². The minimum absolute atomic E-state index is 0.0935. The first-order valence-corrected chi connectivity index (χ1v) is 13.7. The fourth-order valence-corrected chi connectivity index (χ4v) is 4.41. The van der Waals surface area contributed by atoms with Crippen molar-refractivity contribution in [3.8, 4) is 5.75 Å². The molecule has 0 radical (unpaired) electrons. The number of carbonyl (C=O) groups excluding carboxylic acids is 3. The summed E-state index contributed by atoms with van der Waals surface area (Å²) in [5.41, 5.74) is 3.08. The topological polar surface area (TPSA) is 124 Å². The molecule has 0 saturated carbocycles. The molecule has 2 aromatic heterocycles. The fraction of sp³-hybridized carbons (Fsp3) is 0.355. The number of aromatic amines is 1. The molecule has 3 heterocycles. The second kappa shape index (κ2) is 14.2. The van der Waals surface area contributed by atoms with Crippen LogP contribution >= 0.6 is 0 Å². The largest absolute Gasteiger partial charge is 0.494 e. The van der Waals surface area contributed by atoms with Crippen LogP contribution in [0.5, 0.6) is 5.75 Å². The zero-order valence-corrected chi connectivity index (χ0v) is 25.3. The summed E-state index contributed by atoms with van der Waals surface area (Å²) >= 11 is 0. The monoisotopic (exact) mass is 573 g/mol. The van der Waals surface area contributed by atoms with Gasteiger partial charge >= 0.3 is 0 Å². The lowest BCUT2D eigenvalue weighted by atomic mass is 10.1. The molecule has 4 rings (SSSR count). The smallest absolute Gasteiger partial charge is 0.295 e. The molecular formula is C31H39N7O4. The van der Waals surface area contributed by atoms with Crippen LogP contribution in [0, 0.1) is 0 Å². The molecule has 0 unspecified atom stereocenters. The molecule has 2 amide bonds. The van der Waals surface area contributed by atoms with Gasteiger partial charge in [0.05, 0.1) is 35.5 Å². The minimum Gasteiger partial charge on any atom is -0.494 e. The number of hydrogen-bond donors (Lipinski definition) is 1. The van der Waals surface area contributed by atoms with E-state index in [1.165, 1.54) is 29.4 Å². The lowest BCUT2D eigenvalue weighted by molar-refractivity contribution is -0.128. The number of Topliss-reactive ketones (excluding diaryl/α,β-unsaturated/α-hetero) is 1. The number of aromatic nitrogens is 2. The molecule has 1 atom stereocenters. The van der Waals surface area contributed by atoms with Gasteiger partial charge in [-0.2, -0.15) is 0 Å². The lowest BCUT2D eigenvalue weighted by Gasteiger charge is -2.39. The van der Waals surface area contributed by atoms with Gasteiger partial charge < -0.3 is 19.5 Å². The van der Waals surface area contributed by atoms with Crippen molar-refractivity contribution in [1.29, 1.82) is 0 Å². The molecule has 1 aliphatic heterocycles. The van der Waals surface area contributed by atoms with E-state index in [1.807, 2.05) is 52.8 Å². The van der Waals surface area contributed by atoms with Gasteiger partial charge in [-0.1, -0.05) is 35.1 Å². The predicted molar refractivity (Wildman–Crippen MR) is 164 cm³/mol. The van der Waals surface area contributed by atoms with Crippen molar-refractivity contribution in [2.24, 2.45) is 10.3 Å². The van der Waals surface area contributed by atoms with Crippen molar-refractivity contribution in [2.75, 3.05) is 38.8 Å². The standard InChI is InChI=1S/C28H33N7O4.C3H6/c1-17(2)19(4)31-32-33(5)26-24-23(22(39-6)15-30-26)21(14-29-24)25(36)28(38)34-12-13-35(18(3)16-34)27(37)20-10-8-7-9-11-20;1-3-2/h7-11,14-15,18,29H,12-13,16H2,1-6H3;3H,1H2,2H3/t18-;/m1./s1. The molecule has 0 aliphatic carbocycles. The molecule has 11 heteroatoms. The van der Waals surface area contributed by atoms with E-state index < -0.39 is 11.7 Å². The number of fused-ring (bicyclic) bond motifs is 1. The average Bonchev–Trinajstić information content (AvgIpc) is 3.44. The van der Waals surface area contributed by atoms with Gasteiger partial charge in [0.25, 0.3) is 17.6 Å². The molecule has 1 aliphatic rings. The Balaban J connectivity index is 0.00000155. The summed E-state index contributed by atoms with van der Waals surface area (Å²) in [5, 5.41) is 10.4. The Morgan fingerprint density at radius 3 is 2.43 bits per heavy atom. The van der Waals surface area contributed by atoms with Crippen molar-refractivity contribution < 1.29 is 19.1 Å². The normalized spacial score (nSPS) is 14.7. The summed E-state index contributed by atoms with van der Waals surface area (Å²) in [6.45, 7) is 13.7. The SMILES string of the molecule is C=CC.COc1cnc(N(C)N=NC(C)=C(C)C)c2[nH]cc(C(=O)C(=O)N3CCN(C(=O)c4ccccc4)[C@H](C)C3)c12. The third kappa shape index (κ3) is 6.91. The summed E-state index contributed by atoms with van der Waals surface area (Å²) in [7, 11) is 3.17. The Kier molecular flexibility index (Phi) is 10.7. The van der Waals surface area contributed by atoms with Gasteiger partial charge in [-0.25, -0.2) is 9.99 Å². The average molecular weight is 574 g/mol. The van der Waals surface area contributed by atoms with E-state index in [1.54, 1.807) is 30.2 Å². The van der Waals surface area contributed by atoms with Gasteiger partial charge in [-0.3, -0.25) is 14.4 Å². The lowest BCUT2D eigenvalue weighted by Crippen LogP contribution is -2.56. The zero-order valence-electron chi connectivity index (χ0n) is 25.3. The number of H-pyrrole nitrogens is 1. The van der Waals surface area contributed by atoms with Gasteiger partial charge in [-0.05, 0) is 46.8 Å². The predicted octanol–water partition coefficient (Wildman–Crippen LogP) is 5.44. The first kappa shape index (κ1) is 31.7. The van der Waals surface area contributed by atoms with E-state index in [9.17, 15) is 14.4 Å². The first-order valence-electron chi connectivity index (χ1n) is 13.7. The van der Waals surface area contributed by atoms with Crippen LogP contribution in [-0.4, -0.2) is 77.2 Å². The number of hydrogen-bond acceptors (Lipinski definition) is 7. The highest BCUT2D eigenvalue weighted by Crippen LogP contribution is 2.34. The van der Waals surface area contributed by atoms with Crippen molar-refractivity contribution in [2.45, 2.75) is 40.7 Å². The van der Waals surface area contributed by atoms with Crippen molar-refractivity contribution >= 4 is 34.3 Å². The van der Waals surface area contributed by atoms with Crippen molar-refractivity contribution in [3.05, 3.63) is 77.8 Å². The van der Waals surface area contributed by atoms with Crippen LogP contribution in [0.3, 0.4) is 0 Å². The number of ketones is 1. The Hall–Kier alpha value is -4.80. The van der Waals surface area contributed by atoms with Crippen LogP contribution in [0.4, 0.5) is 5.82 Å². The number of carbonyl (C=O) groups is 3. The van der Waals surface area contributed by atoms with Gasteiger partial charge in [0.15, 0.2) is 5.82 Å². The third-order valence-electron chi connectivity index (χ3n) is 6.87. The molecule has 11 nitrogen and oxygen atoms in total. The number of methoxy groups -OCH3 is 1. The second-order valence-corrected chi connectivity index (χ2v) is 10.1. The Bertz CT molecular complexity index is 1510. The quantitative estimate of drug-likeness (QED) is 0.132. The zero-order chi connectivity index (χ0) is 31.0. The number of piperazine rings is 1. The van der Waals surface area contributed by atoms with E-state index in [0.29, 0.717) is 34.6 Å². The molecule has 0 spiro atoms. The van der Waals surface area contributed by atoms with Gasteiger partial charge in [0, 0.05) is 44.5 Å². The van der Waals surface area contributed by atoms with E-state index in [2.05, 4.69) is 26.9 Å². The molecule has 1 saturated heterocycles. The molecule has 0 bridgehead atoms. The maximum absolute atomic E-state index is 13.5. The van der Waals surface area contributed by atoms with Crippen molar-refractivity contribution in [3.63, 3.8) is 0 Å². The van der Waals surface area contributed by atoms with Gasteiger partial charge in [0.2, 0.25) is 0 Å². The van der Waals surface area contributed by atoms with Crippen molar-refractivity contribution in [1.82, 2.24) is 19.8 Å². The molecule has 42 heavy (non-hydrogen) atoms. The number of rotatable bonds is 7. The van der Waals surface area contributed by atoms with Crippen LogP contribution in [0.15, 0.2) is 77.0 Å². The summed E-state index contributed by atoms with van der Waals surface area (Å²) in [6.07, 6.45) is 4.73. The van der Waals surface area contributed by atoms with Crippen LogP contribution in [-0.2, 0) is 4.79 Å². The number of nitrogens with zero attached hydrogens (tertiary/aromatic N) is 6. The van der Waals surface area contributed by atoms with E-state index in [0.717, 1.165) is 11.3 Å². The van der Waals surface area contributed by atoms with Crippen LogP contribution in [0.1, 0.15) is 55.3 Å². The molecular weight excluding hydrogens is 534 g/mol. The van der Waals surface area contributed by atoms with E-state index >= 15 is 0 Å². The van der Waals surface area contributed by atoms with Crippen LogP contribution in [0.25, 0.3) is 10.9 Å². The Morgan fingerprint density at radius 1 is 1.17 bits per heavy atom. The number of ether oxygens (including phenoxy) is 1. The number of benzene rings is 1. The third-order valence-corrected chi connectivity index (χ3v) is 6.87. The number of anilines is 1. The summed E-state index contributed by atoms with van der Waals surface area (Å²) in [5.74, 6) is -0.629. The highest BCUT2D eigenvalue weighted by atomic mass is 16.5. The van der Waals surface area contributed by atoms with Gasteiger partial charge in [-0.15, -0.1) is 11.7 Å². The molecule has 1 aromatic carbocycles. The maximum atomic E-state index is 13.5. The molecule has 222 valence electrons.